The second kappa shape index (κ2) is 8.93. The van der Waals surface area contributed by atoms with Crippen molar-refractivity contribution < 1.29 is 26.7 Å². The van der Waals surface area contributed by atoms with Crippen molar-refractivity contribution in [3.05, 3.63) is 71.6 Å². The molecule has 3 aromatic rings. The van der Waals surface area contributed by atoms with Crippen LogP contribution in [0.2, 0.25) is 0 Å². The van der Waals surface area contributed by atoms with Gasteiger partial charge in [-0.15, -0.1) is 0 Å². The summed E-state index contributed by atoms with van der Waals surface area (Å²) in [7, 11) is -1.50. The van der Waals surface area contributed by atoms with Gasteiger partial charge in [-0.2, -0.15) is 5.26 Å². The van der Waals surface area contributed by atoms with Crippen LogP contribution < -0.4 is 13.8 Å². The van der Waals surface area contributed by atoms with Crippen LogP contribution in [0.1, 0.15) is 11.1 Å². The highest BCUT2D eigenvalue weighted by molar-refractivity contribution is 7.92. The zero-order valence-corrected chi connectivity index (χ0v) is 17.2. The van der Waals surface area contributed by atoms with Gasteiger partial charge in [0, 0.05) is 11.6 Å². The molecule has 0 radical (unpaired) electrons. The molecule has 0 fully saturated rings. The molecule has 2 aromatic carbocycles. The molecule has 11 heteroatoms. The topological polar surface area (TPSA) is 105 Å². The van der Waals surface area contributed by atoms with E-state index in [-0.39, 0.29) is 17.4 Å². The Hall–Kier alpha value is -3.78. The third kappa shape index (κ3) is 4.54. The lowest BCUT2D eigenvalue weighted by atomic mass is 10.2. The zero-order valence-electron chi connectivity index (χ0n) is 16.4. The maximum absolute atomic E-state index is 13.7. The van der Waals surface area contributed by atoms with E-state index in [0.717, 1.165) is 34.9 Å². The summed E-state index contributed by atoms with van der Waals surface area (Å²) in [6.45, 7) is -0.291. The second-order valence-corrected chi connectivity index (χ2v) is 8.01. The molecule has 31 heavy (non-hydrogen) atoms. The highest BCUT2D eigenvalue weighted by Gasteiger charge is 2.29. The Morgan fingerprint density at radius 2 is 1.77 bits per heavy atom. The maximum atomic E-state index is 13.7. The average Bonchev–Trinajstić information content (AvgIpc) is 2.78. The smallest absolute Gasteiger partial charge is 0.267 e. The normalized spacial score (nSPS) is 10.9. The molecule has 8 nitrogen and oxygen atoms in total. The van der Waals surface area contributed by atoms with Crippen molar-refractivity contribution >= 4 is 16.0 Å². The number of halogens is 2. The first-order valence-corrected chi connectivity index (χ1v) is 10.1. The predicted octanol–water partition coefficient (Wildman–Crippen LogP) is 3.04. The Kier molecular flexibility index (Phi) is 6.31. The summed E-state index contributed by atoms with van der Waals surface area (Å²) < 4.78 is 65.1. The monoisotopic (exact) mass is 446 g/mol. The summed E-state index contributed by atoms with van der Waals surface area (Å²) in [5.74, 6) is -1.11. The van der Waals surface area contributed by atoms with Crippen molar-refractivity contribution in [3.63, 3.8) is 0 Å². The number of hydrogen-bond donors (Lipinski definition) is 0. The van der Waals surface area contributed by atoms with Crippen molar-refractivity contribution in [2.24, 2.45) is 0 Å². The average molecular weight is 446 g/mol. The molecule has 0 atom stereocenters. The number of nitriles is 1. The first kappa shape index (κ1) is 21.9. The van der Waals surface area contributed by atoms with Gasteiger partial charge in [-0.05, 0) is 30.3 Å². The van der Waals surface area contributed by atoms with Crippen LogP contribution in [0.4, 0.5) is 14.7 Å². The lowest BCUT2D eigenvalue weighted by molar-refractivity contribution is 0.391. The Balaban J connectivity index is 2.14. The molecule has 3 rings (SSSR count). The van der Waals surface area contributed by atoms with Crippen LogP contribution in [0, 0.1) is 23.0 Å². The summed E-state index contributed by atoms with van der Waals surface area (Å²) >= 11 is 0. The van der Waals surface area contributed by atoms with Gasteiger partial charge in [0.25, 0.3) is 10.0 Å². The molecule has 0 N–H and O–H groups in total. The van der Waals surface area contributed by atoms with Crippen LogP contribution in [0.25, 0.3) is 0 Å². The fourth-order valence-electron chi connectivity index (χ4n) is 2.71. The maximum Gasteiger partial charge on any atom is 0.267 e. The van der Waals surface area contributed by atoms with Crippen molar-refractivity contribution in [1.82, 2.24) is 9.97 Å². The Labute approximate surface area is 177 Å². The number of ether oxygens (including phenoxy) is 2. The molecule has 0 saturated heterocycles. The summed E-state index contributed by atoms with van der Waals surface area (Å²) in [5.41, 5.74) is -0.00880. The number of methoxy groups -OCH3 is 2. The molecular formula is C20H16F2N4O4S. The van der Waals surface area contributed by atoms with E-state index in [4.69, 9.17) is 14.7 Å². The summed E-state index contributed by atoms with van der Waals surface area (Å²) in [6, 6.07) is 9.18. The molecule has 0 bridgehead atoms. The quantitative estimate of drug-likeness (QED) is 0.549. The molecule has 0 aliphatic carbocycles. The van der Waals surface area contributed by atoms with Crippen LogP contribution >= 0.6 is 0 Å². The van der Waals surface area contributed by atoms with Crippen molar-refractivity contribution in [2.45, 2.75) is 11.4 Å². The molecule has 1 aromatic heterocycles. The minimum Gasteiger partial charge on any atom is -0.497 e. The van der Waals surface area contributed by atoms with Gasteiger partial charge in [0.1, 0.15) is 23.4 Å². The highest BCUT2D eigenvalue weighted by atomic mass is 32.2. The third-order valence-corrected chi connectivity index (χ3v) is 6.01. The number of nitrogens with zero attached hydrogens (tertiary/aromatic N) is 4. The van der Waals surface area contributed by atoms with E-state index in [0.29, 0.717) is 17.1 Å². The molecule has 1 heterocycles. The van der Waals surface area contributed by atoms with Gasteiger partial charge in [-0.1, -0.05) is 0 Å². The van der Waals surface area contributed by atoms with Gasteiger partial charge in [0.15, 0.2) is 5.82 Å². The largest absolute Gasteiger partial charge is 0.497 e. The zero-order chi connectivity index (χ0) is 22.6. The lowest BCUT2D eigenvalue weighted by Crippen LogP contribution is -2.32. The van der Waals surface area contributed by atoms with E-state index < -0.39 is 27.2 Å². The van der Waals surface area contributed by atoms with Gasteiger partial charge in [0.2, 0.25) is 5.95 Å². The summed E-state index contributed by atoms with van der Waals surface area (Å²) in [4.78, 5) is 7.19. The number of rotatable bonds is 7. The van der Waals surface area contributed by atoms with E-state index >= 15 is 0 Å². The van der Waals surface area contributed by atoms with Crippen molar-refractivity contribution in [3.8, 4) is 17.6 Å². The van der Waals surface area contributed by atoms with Gasteiger partial charge in [-0.3, -0.25) is 0 Å². The minimum absolute atomic E-state index is 0.291. The van der Waals surface area contributed by atoms with Crippen LogP contribution in [0.15, 0.2) is 53.7 Å². The first-order valence-electron chi connectivity index (χ1n) is 8.71. The van der Waals surface area contributed by atoms with Crippen molar-refractivity contribution in [2.75, 3.05) is 18.5 Å². The van der Waals surface area contributed by atoms with E-state index in [1.54, 1.807) is 24.3 Å². The molecule has 0 aliphatic rings. The molecule has 160 valence electrons. The molecule has 0 unspecified atom stereocenters. The number of aromatic nitrogens is 2. The van der Waals surface area contributed by atoms with E-state index in [2.05, 4.69) is 9.97 Å². The van der Waals surface area contributed by atoms with Gasteiger partial charge >= 0.3 is 0 Å². The molecule has 0 amide bonds. The van der Waals surface area contributed by atoms with Crippen LogP contribution in [-0.2, 0) is 16.6 Å². The van der Waals surface area contributed by atoms with E-state index in [1.807, 2.05) is 0 Å². The van der Waals surface area contributed by atoms with Crippen molar-refractivity contribution in [1.29, 1.82) is 5.26 Å². The SMILES string of the molecule is COc1ccc(CN(c2ncc(F)cn2)S(=O)(=O)c2ccc(F)c(C#N)c2)c(OC)c1. The minimum atomic E-state index is -4.37. The highest BCUT2D eigenvalue weighted by Crippen LogP contribution is 2.30. The van der Waals surface area contributed by atoms with E-state index in [9.17, 15) is 17.2 Å². The molecule has 0 spiro atoms. The van der Waals surface area contributed by atoms with Gasteiger partial charge in [-0.25, -0.2) is 31.5 Å². The summed E-state index contributed by atoms with van der Waals surface area (Å²) in [5, 5.41) is 9.05. The molecule has 0 saturated carbocycles. The molecule has 0 aliphatic heterocycles. The predicted molar refractivity (Wildman–Crippen MR) is 106 cm³/mol. The first-order chi connectivity index (χ1) is 14.8. The fourth-order valence-corrected chi connectivity index (χ4v) is 4.09. The Morgan fingerprint density at radius 1 is 1.06 bits per heavy atom. The van der Waals surface area contributed by atoms with E-state index in [1.165, 1.54) is 14.2 Å². The van der Waals surface area contributed by atoms with Crippen LogP contribution in [0.3, 0.4) is 0 Å². The third-order valence-electron chi connectivity index (χ3n) is 4.28. The Bertz CT molecular complexity index is 1250. The number of anilines is 1. The molecular weight excluding hydrogens is 430 g/mol. The second-order valence-electron chi connectivity index (χ2n) is 6.14. The lowest BCUT2D eigenvalue weighted by Gasteiger charge is -2.23. The van der Waals surface area contributed by atoms with Crippen LogP contribution in [-0.4, -0.2) is 32.6 Å². The Morgan fingerprint density at radius 3 is 2.39 bits per heavy atom. The van der Waals surface area contributed by atoms with Crippen LogP contribution in [0.5, 0.6) is 11.5 Å². The number of hydrogen-bond acceptors (Lipinski definition) is 7. The summed E-state index contributed by atoms with van der Waals surface area (Å²) in [6.07, 6.45) is 1.64. The number of sulfonamides is 1. The number of benzene rings is 2. The van der Waals surface area contributed by atoms with Gasteiger partial charge < -0.3 is 9.47 Å². The fraction of sp³-hybridized carbons (Fsp3) is 0.150. The standard InChI is InChI=1S/C20H16F2N4O4S/c1-29-16-4-3-13(19(8-16)30-2)12-26(20-24-10-15(21)11-25-20)31(27,28)17-5-6-18(22)14(7-17)9-23/h3-8,10-11H,12H2,1-2H3. The van der Waals surface area contributed by atoms with Gasteiger partial charge in [0.05, 0.1) is 43.6 Å².